The summed E-state index contributed by atoms with van der Waals surface area (Å²) in [5, 5.41) is 0. The minimum Gasteiger partial charge on any atom is -0.288 e. The highest BCUT2D eigenvalue weighted by molar-refractivity contribution is 9.10. The van der Waals surface area contributed by atoms with Gasteiger partial charge in [0.2, 0.25) is 0 Å². The molecular formula is C15H11BrF2O. The quantitative estimate of drug-likeness (QED) is 0.739. The fourth-order valence-electron chi connectivity index (χ4n) is 1.77. The van der Waals surface area contributed by atoms with E-state index >= 15 is 0 Å². The summed E-state index contributed by atoms with van der Waals surface area (Å²) in [4.78, 5) is 12.2. The molecule has 2 aromatic rings. The summed E-state index contributed by atoms with van der Waals surface area (Å²) < 4.78 is 27.9. The molecule has 98 valence electrons. The summed E-state index contributed by atoms with van der Waals surface area (Å²) in [6.45, 7) is 3.33. The molecule has 1 nitrogen and oxygen atoms in total. The third-order valence-electron chi connectivity index (χ3n) is 2.89. The maximum atomic E-state index is 13.8. The van der Waals surface area contributed by atoms with Gasteiger partial charge in [-0.1, -0.05) is 28.1 Å². The highest BCUT2D eigenvalue weighted by atomic mass is 79.9. The Kier molecular flexibility index (Phi) is 3.80. The molecule has 0 fully saturated rings. The number of rotatable bonds is 2. The number of aryl methyl sites for hydroxylation is 2. The van der Waals surface area contributed by atoms with Crippen molar-refractivity contribution in [3.63, 3.8) is 0 Å². The molecule has 19 heavy (non-hydrogen) atoms. The zero-order valence-electron chi connectivity index (χ0n) is 10.4. The lowest BCUT2D eigenvalue weighted by molar-refractivity contribution is 0.103. The van der Waals surface area contributed by atoms with E-state index in [9.17, 15) is 13.6 Å². The highest BCUT2D eigenvalue weighted by Gasteiger charge is 2.20. The maximum Gasteiger partial charge on any atom is 0.197 e. The van der Waals surface area contributed by atoms with Crippen molar-refractivity contribution >= 4 is 21.7 Å². The molecule has 4 heteroatoms. The van der Waals surface area contributed by atoms with Crippen LogP contribution in [0.25, 0.3) is 0 Å². The van der Waals surface area contributed by atoms with Crippen LogP contribution in [0.15, 0.2) is 34.8 Å². The van der Waals surface area contributed by atoms with Crippen molar-refractivity contribution in [3.05, 3.63) is 68.7 Å². The number of carbonyl (C=O) groups excluding carboxylic acids is 1. The fourth-order valence-corrected chi connectivity index (χ4v) is 2.44. The molecule has 0 heterocycles. The van der Waals surface area contributed by atoms with E-state index in [-0.39, 0.29) is 11.1 Å². The van der Waals surface area contributed by atoms with E-state index in [0.29, 0.717) is 10.0 Å². The molecule has 0 aliphatic rings. The molecule has 0 bridgehead atoms. The minimum atomic E-state index is -1.10. The van der Waals surface area contributed by atoms with Crippen LogP contribution in [0.1, 0.15) is 27.0 Å². The zero-order valence-corrected chi connectivity index (χ0v) is 12.0. The average molecular weight is 325 g/mol. The van der Waals surface area contributed by atoms with Crippen LogP contribution in [-0.4, -0.2) is 5.78 Å². The molecule has 0 saturated carbocycles. The van der Waals surface area contributed by atoms with Crippen LogP contribution in [-0.2, 0) is 0 Å². The summed E-state index contributed by atoms with van der Waals surface area (Å²) in [6.07, 6.45) is 0. The maximum absolute atomic E-state index is 13.8. The smallest absolute Gasteiger partial charge is 0.197 e. The standard InChI is InChI=1S/C15H11BrF2O/c1-8-3-5-10(12(16)7-8)15(19)11-6-4-9(2)13(17)14(11)18/h3-7H,1-2H3. The average Bonchev–Trinajstić information content (AvgIpc) is 2.35. The first-order valence-electron chi connectivity index (χ1n) is 5.67. The Morgan fingerprint density at radius 3 is 2.26 bits per heavy atom. The number of hydrogen-bond donors (Lipinski definition) is 0. The van der Waals surface area contributed by atoms with E-state index in [2.05, 4.69) is 15.9 Å². The van der Waals surface area contributed by atoms with Gasteiger partial charge < -0.3 is 0 Å². The number of carbonyl (C=O) groups is 1. The van der Waals surface area contributed by atoms with Gasteiger partial charge in [-0.3, -0.25) is 4.79 Å². The molecule has 0 spiro atoms. The van der Waals surface area contributed by atoms with Crippen LogP contribution in [0, 0.1) is 25.5 Å². The van der Waals surface area contributed by atoms with Gasteiger partial charge in [0.15, 0.2) is 17.4 Å². The predicted molar refractivity (Wildman–Crippen MR) is 73.4 cm³/mol. The summed E-state index contributed by atoms with van der Waals surface area (Å²) in [7, 11) is 0. The second-order valence-electron chi connectivity index (χ2n) is 4.37. The summed E-state index contributed by atoms with van der Waals surface area (Å²) in [6, 6.07) is 7.81. The minimum absolute atomic E-state index is 0.178. The van der Waals surface area contributed by atoms with Crippen molar-refractivity contribution in [2.24, 2.45) is 0 Å². The lowest BCUT2D eigenvalue weighted by Gasteiger charge is -2.07. The van der Waals surface area contributed by atoms with Crippen LogP contribution in [0.5, 0.6) is 0 Å². The molecule has 0 amide bonds. The Balaban J connectivity index is 2.53. The van der Waals surface area contributed by atoms with Crippen molar-refractivity contribution in [2.45, 2.75) is 13.8 Å². The third-order valence-corrected chi connectivity index (χ3v) is 3.55. The molecule has 0 radical (unpaired) electrons. The van der Waals surface area contributed by atoms with Gasteiger partial charge in [-0.05, 0) is 43.2 Å². The number of ketones is 1. The second-order valence-corrected chi connectivity index (χ2v) is 5.22. The zero-order chi connectivity index (χ0) is 14.2. The molecule has 0 saturated heterocycles. The Hall–Kier alpha value is -1.55. The largest absolute Gasteiger partial charge is 0.288 e. The van der Waals surface area contributed by atoms with E-state index in [4.69, 9.17) is 0 Å². The van der Waals surface area contributed by atoms with Crippen molar-refractivity contribution in [2.75, 3.05) is 0 Å². The molecule has 0 atom stereocenters. The second kappa shape index (κ2) is 5.21. The van der Waals surface area contributed by atoms with Crippen molar-refractivity contribution in [1.82, 2.24) is 0 Å². The lowest BCUT2D eigenvalue weighted by atomic mass is 10.0. The predicted octanol–water partition coefficient (Wildman–Crippen LogP) is 4.58. The molecule has 2 aromatic carbocycles. The van der Waals surface area contributed by atoms with Crippen molar-refractivity contribution in [1.29, 1.82) is 0 Å². The van der Waals surface area contributed by atoms with Crippen molar-refractivity contribution < 1.29 is 13.6 Å². The van der Waals surface area contributed by atoms with E-state index < -0.39 is 17.4 Å². The third kappa shape index (κ3) is 2.59. The van der Waals surface area contributed by atoms with E-state index in [1.807, 2.05) is 6.92 Å². The Morgan fingerprint density at radius 1 is 1.00 bits per heavy atom. The first-order valence-corrected chi connectivity index (χ1v) is 6.46. The van der Waals surface area contributed by atoms with Crippen LogP contribution in [0.3, 0.4) is 0 Å². The monoisotopic (exact) mass is 324 g/mol. The van der Waals surface area contributed by atoms with E-state index in [0.717, 1.165) is 5.56 Å². The lowest BCUT2D eigenvalue weighted by Crippen LogP contribution is -2.07. The molecule has 0 unspecified atom stereocenters. The summed E-state index contributed by atoms with van der Waals surface area (Å²) >= 11 is 3.27. The van der Waals surface area contributed by atoms with Crippen LogP contribution in [0.2, 0.25) is 0 Å². The first-order chi connectivity index (χ1) is 8.91. The molecular weight excluding hydrogens is 314 g/mol. The van der Waals surface area contributed by atoms with Crippen LogP contribution < -0.4 is 0 Å². The summed E-state index contributed by atoms with van der Waals surface area (Å²) in [5.74, 6) is -2.62. The van der Waals surface area contributed by atoms with Gasteiger partial charge in [-0.15, -0.1) is 0 Å². The van der Waals surface area contributed by atoms with Gasteiger partial charge in [0.05, 0.1) is 5.56 Å². The fraction of sp³-hybridized carbons (Fsp3) is 0.133. The molecule has 0 aliphatic heterocycles. The number of hydrogen-bond acceptors (Lipinski definition) is 1. The van der Waals surface area contributed by atoms with Gasteiger partial charge in [0.25, 0.3) is 0 Å². The number of benzene rings is 2. The Labute approximate surface area is 118 Å². The van der Waals surface area contributed by atoms with Gasteiger partial charge in [-0.2, -0.15) is 0 Å². The van der Waals surface area contributed by atoms with Gasteiger partial charge in [0.1, 0.15) is 0 Å². The highest BCUT2D eigenvalue weighted by Crippen LogP contribution is 2.24. The molecule has 0 N–H and O–H groups in total. The summed E-state index contributed by atoms with van der Waals surface area (Å²) in [5.41, 5.74) is 1.21. The van der Waals surface area contributed by atoms with Crippen LogP contribution >= 0.6 is 15.9 Å². The van der Waals surface area contributed by atoms with Gasteiger partial charge in [-0.25, -0.2) is 8.78 Å². The van der Waals surface area contributed by atoms with E-state index in [1.54, 1.807) is 18.2 Å². The van der Waals surface area contributed by atoms with Gasteiger partial charge >= 0.3 is 0 Å². The number of halogens is 3. The Morgan fingerprint density at radius 2 is 1.63 bits per heavy atom. The van der Waals surface area contributed by atoms with Crippen molar-refractivity contribution in [3.8, 4) is 0 Å². The first kappa shape index (κ1) is 13.9. The molecule has 0 aromatic heterocycles. The molecule has 0 aliphatic carbocycles. The normalized spacial score (nSPS) is 10.6. The van der Waals surface area contributed by atoms with Crippen LogP contribution in [0.4, 0.5) is 8.78 Å². The Bertz CT molecular complexity index is 665. The molecule has 2 rings (SSSR count). The van der Waals surface area contributed by atoms with E-state index in [1.165, 1.54) is 19.1 Å². The SMILES string of the molecule is Cc1ccc(C(=O)c2ccc(C)c(F)c2F)c(Br)c1. The van der Waals surface area contributed by atoms with Gasteiger partial charge in [0, 0.05) is 10.0 Å². The topological polar surface area (TPSA) is 17.1 Å².